The SMILES string of the molecule is CC1(C)C(C2(O)CCCCC2)=Nc2c(F)cc(-c3nc(Cl)ncc3Cl)cc21. The van der Waals surface area contributed by atoms with Crippen molar-refractivity contribution in [2.75, 3.05) is 0 Å². The quantitative estimate of drug-likeness (QED) is 0.654. The van der Waals surface area contributed by atoms with Crippen LogP contribution in [0.1, 0.15) is 51.5 Å². The van der Waals surface area contributed by atoms with Crippen LogP contribution in [0.25, 0.3) is 11.3 Å². The minimum atomic E-state index is -0.983. The highest BCUT2D eigenvalue weighted by molar-refractivity contribution is 6.33. The van der Waals surface area contributed by atoms with Crippen molar-refractivity contribution in [1.82, 2.24) is 9.97 Å². The Bertz CT molecular complexity index is 952. The first kappa shape index (κ1) is 18.8. The van der Waals surface area contributed by atoms with Crippen LogP contribution in [-0.4, -0.2) is 26.4 Å². The molecule has 0 bridgehead atoms. The Hall–Kier alpha value is -1.56. The van der Waals surface area contributed by atoms with Crippen LogP contribution >= 0.6 is 23.2 Å². The van der Waals surface area contributed by atoms with E-state index >= 15 is 0 Å². The van der Waals surface area contributed by atoms with E-state index in [-0.39, 0.29) is 11.0 Å². The van der Waals surface area contributed by atoms with Crippen molar-refractivity contribution in [1.29, 1.82) is 0 Å². The molecular weight excluding hydrogens is 388 g/mol. The number of hydrogen-bond donors (Lipinski definition) is 1. The van der Waals surface area contributed by atoms with Crippen molar-refractivity contribution >= 4 is 34.6 Å². The van der Waals surface area contributed by atoms with Crippen molar-refractivity contribution < 1.29 is 9.50 Å². The summed E-state index contributed by atoms with van der Waals surface area (Å²) in [6.07, 6.45) is 5.72. The van der Waals surface area contributed by atoms with Crippen molar-refractivity contribution in [3.63, 3.8) is 0 Å². The number of halogens is 3. The van der Waals surface area contributed by atoms with Gasteiger partial charge in [-0.05, 0) is 42.1 Å². The number of aliphatic hydroxyl groups is 1. The number of nitrogens with zero attached hydrogens (tertiary/aromatic N) is 3. The summed E-state index contributed by atoms with van der Waals surface area (Å²) >= 11 is 12.1. The molecule has 1 aliphatic carbocycles. The van der Waals surface area contributed by atoms with Gasteiger partial charge in [0.2, 0.25) is 5.28 Å². The first-order valence-electron chi connectivity index (χ1n) is 9.07. The molecule has 0 unspecified atom stereocenters. The first-order valence-corrected chi connectivity index (χ1v) is 9.82. The molecule has 0 spiro atoms. The molecule has 2 heterocycles. The van der Waals surface area contributed by atoms with Gasteiger partial charge in [-0.15, -0.1) is 0 Å². The highest BCUT2D eigenvalue weighted by atomic mass is 35.5. The van der Waals surface area contributed by atoms with Crippen molar-refractivity contribution in [3.8, 4) is 11.3 Å². The normalized spacial score (nSPS) is 20.3. The molecule has 1 N–H and O–H groups in total. The smallest absolute Gasteiger partial charge is 0.222 e. The molecule has 27 heavy (non-hydrogen) atoms. The lowest BCUT2D eigenvalue weighted by Crippen LogP contribution is -2.48. The molecule has 1 aromatic carbocycles. The zero-order valence-corrected chi connectivity index (χ0v) is 16.7. The van der Waals surface area contributed by atoms with Gasteiger partial charge in [-0.25, -0.2) is 14.4 Å². The zero-order chi connectivity index (χ0) is 19.4. The highest BCUT2D eigenvalue weighted by Gasteiger charge is 2.48. The second-order valence-electron chi connectivity index (χ2n) is 7.87. The van der Waals surface area contributed by atoms with Gasteiger partial charge in [0.1, 0.15) is 17.1 Å². The summed E-state index contributed by atoms with van der Waals surface area (Å²) < 4.78 is 15.0. The van der Waals surface area contributed by atoms with E-state index in [4.69, 9.17) is 23.2 Å². The molecule has 142 valence electrons. The van der Waals surface area contributed by atoms with E-state index in [1.807, 2.05) is 19.9 Å². The van der Waals surface area contributed by atoms with E-state index < -0.39 is 16.8 Å². The maximum Gasteiger partial charge on any atom is 0.222 e. The molecule has 1 saturated carbocycles. The second-order valence-corrected chi connectivity index (χ2v) is 8.61. The summed E-state index contributed by atoms with van der Waals surface area (Å²) in [7, 11) is 0. The maximum atomic E-state index is 15.0. The summed E-state index contributed by atoms with van der Waals surface area (Å²) in [6.45, 7) is 3.95. The van der Waals surface area contributed by atoms with E-state index in [0.29, 0.717) is 34.8 Å². The lowest BCUT2D eigenvalue weighted by atomic mass is 9.69. The van der Waals surface area contributed by atoms with Crippen LogP contribution in [0.3, 0.4) is 0 Å². The van der Waals surface area contributed by atoms with Crippen LogP contribution < -0.4 is 0 Å². The maximum absolute atomic E-state index is 15.0. The first-order chi connectivity index (χ1) is 12.7. The van der Waals surface area contributed by atoms with E-state index in [1.165, 1.54) is 12.3 Å². The van der Waals surface area contributed by atoms with Gasteiger partial charge in [0.15, 0.2) is 0 Å². The molecule has 7 heteroatoms. The standard InChI is InChI=1S/C20H20Cl2FN3O/c1-19(2)12-8-11(15-13(21)10-24-18(22)26-15)9-14(23)16(12)25-17(19)20(27)6-4-3-5-7-20/h8-10,27H,3-7H2,1-2H3. The van der Waals surface area contributed by atoms with Crippen LogP contribution in [0.2, 0.25) is 10.3 Å². The summed E-state index contributed by atoms with van der Waals surface area (Å²) in [6, 6.07) is 3.20. The molecule has 0 atom stereocenters. The van der Waals surface area contributed by atoms with Gasteiger partial charge in [-0.1, -0.05) is 44.7 Å². The van der Waals surface area contributed by atoms with Crippen LogP contribution in [0.4, 0.5) is 10.1 Å². The monoisotopic (exact) mass is 407 g/mol. The molecule has 4 nitrogen and oxygen atoms in total. The topological polar surface area (TPSA) is 58.4 Å². The fourth-order valence-electron chi connectivity index (χ4n) is 4.31. The summed E-state index contributed by atoms with van der Waals surface area (Å²) in [4.78, 5) is 12.6. The number of rotatable bonds is 2. The highest BCUT2D eigenvalue weighted by Crippen LogP contribution is 2.48. The largest absolute Gasteiger partial charge is 0.384 e. The molecular formula is C20H20Cl2FN3O. The van der Waals surface area contributed by atoms with Crippen molar-refractivity contribution in [3.05, 3.63) is 40.0 Å². The van der Waals surface area contributed by atoms with Gasteiger partial charge in [0.25, 0.3) is 0 Å². The van der Waals surface area contributed by atoms with Gasteiger partial charge in [-0.3, -0.25) is 4.99 Å². The Morgan fingerprint density at radius 3 is 2.52 bits per heavy atom. The van der Waals surface area contributed by atoms with E-state index in [1.54, 1.807) is 0 Å². The number of aromatic nitrogens is 2. The fraction of sp³-hybridized carbons (Fsp3) is 0.450. The van der Waals surface area contributed by atoms with Crippen LogP contribution in [0.15, 0.2) is 23.3 Å². The molecule has 0 radical (unpaired) electrons. The molecule has 1 aliphatic heterocycles. The molecule has 0 saturated heterocycles. The minimum absolute atomic E-state index is 0.0445. The zero-order valence-electron chi connectivity index (χ0n) is 15.2. The second kappa shape index (κ2) is 6.50. The van der Waals surface area contributed by atoms with E-state index in [9.17, 15) is 9.50 Å². The average Bonchev–Trinajstić information content (AvgIpc) is 2.90. The lowest BCUT2D eigenvalue weighted by molar-refractivity contribution is 0.0660. The van der Waals surface area contributed by atoms with Gasteiger partial charge >= 0.3 is 0 Å². The van der Waals surface area contributed by atoms with Crippen LogP contribution in [0, 0.1) is 5.82 Å². The predicted octanol–water partition coefficient (Wildman–Crippen LogP) is 5.65. The third-order valence-corrected chi connectivity index (χ3v) is 6.12. The molecule has 1 aromatic heterocycles. The average molecular weight is 408 g/mol. The van der Waals surface area contributed by atoms with Crippen molar-refractivity contribution in [2.24, 2.45) is 4.99 Å². The van der Waals surface area contributed by atoms with Crippen LogP contribution in [0.5, 0.6) is 0 Å². The summed E-state index contributed by atoms with van der Waals surface area (Å²) in [5.74, 6) is -0.462. The summed E-state index contributed by atoms with van der Waals surface area (Å²) in [5, 5.41) is 11.6. The molecule has 4 rings (SSSR count). The molecule has 2 aliphatic rings. The number of hydrogen-bond acceptors (Lipinski definition) is 4. The van der Waals surface area contributed by atoms with Crippen molar-refractivity contribution in [2.45, 2.75) is 57.0 Å². The van der Waals surface area contributed by atoms with Gasteiger partial charge in [0.05, 0.1) is 22.6 Å². The summed E-state index contributed by atoms with van der Waals surface area (Å²) in [5.41, 5.74) is 0.962. The molecule has 0 amide bonds. The Labute approximate surface area is 167 Å². The Morgan fingerprint density at radius 2 is 1.81 bits per heavy atom. The Balaban J connectivity index is 1.83. The van der Waals surface area contributed by atoms with Gasteiger partial charge in [-0.2, -0.15) is 0 Å². The fourth-order valence-corrected chi connectivity index (χ4v) is 4.65. The number of fused-ring (bicyclic) bond motifs is 1. The Kier molecular flexibility index (Phi) is 4.53. The predicted molar refractivity (Wildman–Crippen MR) is 106 cm³/mol. The molecule has 1 fully saturated rings. The van der Waals surface area contributed by atoms with Crippen LogP contribution in [-0.2, 0) is 5.41 Å². The third-order valence-electron chi connectivity index (χ3n) is 5.66. The van der Waals surface area contributed by atoms with Gasteiger partial charge in [0, 0.05) is 11.0 Å². The van der Waals surface area contributed by atoms with E-state index in [2.05, 4.69) is 15.0 Å². The molecule has 2 aromatic rings. The third kappa shape index (κ3) is 3.06. The minimum Gasteiger partial charge on any atom is -0.384 e. The van der Waals surface area contributed by atoms with Gasteiger partial charge < -0.3 is 5.11 Å². The number of benzene rings is 1. The van der Waals surface area contributed by atoms with E-state index in [0.717, 1.165) is 24.8 Å². The number of aliphatic imine (C=N–C) groups is 1. The Morgan fingerprint density at radius 1 is 1.11 bits per heavy atom. The lowest BCUT2D eigenvalue weighted by Gasteiger charge is -2.38.